The summed E-state index contributed by atoms with van der Waals surface area (Å²) in [6, 6.07) is 17.8. The molecule has 0 radical (unpaired) electrons. The molecule has 0 aliphatic heterocycles. The second kappa shape index (κ2) is 10.8. The maximum atomic E-state index is 12.3. The Morgan fingerprint density at radius 2 is 1.81 bits per heavy atom. The topological polar surface area (TPSA) is 69.0 Å². The molecule has 3 heterocycles. The van der Waals surface area contributed by atoms with Crippen molar-refractivity contribution in [2.24, 2.45) is 0 Å². The highest BCUT2D eigenvalue weighted by Gasteiger charge is 2.13. The minimum absolute atomic E-state index is 0. The molecule has 0 saturated carbocycles. The van der Waals surface area contributed by atoms with Crippen molar-refractivity contribution < 1.29 is 9.53 Å². The van der Waals surface area contributed by atoms with Gasteiger partial charge in [-0.25, -0.2) is 4.98 Å². The van der Waals surface area contributed by atoms with E-state index in [-0.39, 0.29) is 18.3 Å². The first-order valence-corrected chi connectivity index (χ1v) is 10.4. The van der Waals surface area contributed by atoms with Gasteiger partial charge in [0.2, 0.25) is 5.91 Å². The first-order valence-electron chi connectivity index (χ1n) is 10.4. The van der Waals surface area contributed by atoms with Crippen LogP contribution in [0.2, 0.25) is 0 Å². The Kier molecular flexibility index (Phi) is 7.84. The molecule has 0 saturated heterocycles. The fourth-order valence-electron chi connectivity index (χ4n) is 3.75. The van der Waals surface area contributed by atoms with E-state index in [1.165, 1.54) is 0 Å². The fourth-order valence-corrected chi connectivity index (χ4v) is 3.75. The summed E-state index contributed by atoms with van der Waals surface area (Å²) in [5, 5.41) is 4.13. The monoisotopic (exact) mass is 450 g/mol. The number of aryl methyl sites for hydroxylation is 2. The van der Waals surface area contributed by atoms with E-state index >= 15 is 0 Å². The molecule has 32 heavy (non-hydrogen) atoms. The van der Waals surface area contributed by atoms with Crippen LogP contribution in [0.15, 0.2) is 67.0 Å². The lowest BCUT2D eigenvalue weighted by atomic mass is 10.1. The van der Waals surface area contributed by atoms with E-state index < -0.39 is 0 Å². The zero-order chi connectivity index (χ0) is 21.6. The van der Waals surface area contributed by atoms with Gasteiger partial charge in [-0.05, 0) is 61.4 Å². The number of hydrogen-bond acceptors (Lipinski definition) is 4. The Morgan fingerprint density at radius 3 is 2.56 bits per heavy atom. The maximum Gasteiger partial charge on any atom is 0.224 e. The minimum Gasteiger partial charge on any atom is -0.497 e. The number of amides is 1. The van der Waals surface area contributed by atoms with E-state index in [0.29, 0.717) is 13.0 Å². The number of ether oxygens (including phenoxy) is 1. The molecule has 0 bridgehead atoms. The van der Waals surface area contributed by atoms with Gasteiger partial charge < -0.3 is 14.6 Å². The van der Waals surface area contributed by atoms with Crippen LogP contribution in [0.1, 0.15) is 17.7 Å². The van der Waals surface area contributed by atoms with Crippen molar-refractivity contribution >= 4 is 29.3 Å². The number of carbonyl (C=O) groups excluding carboxylic acids is 1. The molecule has 0 fully saturated rings. The first kappa shape index (κ1) is 23.3. The summed E-state index contributed by atoms with van der Waals surface area (Å²) in [5.74, 6) is 0.806. The largest absolute Gasteiger partial charge is 0.497 e. The van der Waals surface area contributed by atoms with Gasteiger partial charge in [0.15, 0.2) is 0 Å². The summed E-state index contributed by atoms with van der Waals surface area (Å²) in [4.78, 5) is 21.3. The van der Waals surface area contributed by atoms with Crippen molar-refractivity contribution in [3.05, 3.63) is 78.2 Å². The number of carbonyl (C=O) groups is 1. The van der Waals surface area contributed by atoms with E-state index in [4.69, 9.17) is 4.74 Å². The van der Waals surface area contributed by atoms with Crippen molar-refractivity contribution in [3.8, 4) is 17.0 Å². The lowest BCUT2D eigenvalue weighted by Crippen LogP contribution is -2.26. The van der Waals surface area contributed by atoms with Crippen molar-refractivity contribution in [1.29, 1.82) is 0 Å². The molecular weight excluding hydrogens is 424 g/mol. The van der Waals surface area contributed by atoms with Gasteiger partial charge in [-0.1, -0.05) is 12.1 Å². The summed E-state index contributed by atoms with van der Waals surface area (Å²) in [6.45, 7) is 3.38. The summed E-state index contributed by atoms with van der Waals surface area (Å²) in [5.41, 5.74) is 5.10. The second-order valence-corrected chi connectivity index (χ2v) is 7.46. The predicted octanol–water partition coefficient (Wildman–Crippen LogP) is 4.59. The molecule has 0 spiro atoms. The van der Waals surface area contributed by atoms with Gasteiger partial charge in [-0.3, -0.25) is 9.78 Å². The van der Waals surface area contributed by atoms with Crippen molar-refractivity contribution in [3.63, 3.8) is 0 Å². The van der Waals surface area contributed by atoms with Crippen molar-refractivity contribution in [2.75, 3.05) is 13.7 Å². The highest BCUT2D eigenvalue weighted by Crippen LogP contribution is 2.28. The molecule has 1 amide bonds. The third-order valence-corrected chi connectivity index (χ3v) is 5.34. The molecule has 1 aromatic carbocycles. The summed E-state index contributed by atoms with van der Waals surface area (Å²) in [7, 11) is 1.63. The number of nitrogens with one attached hydrogen (secondary N) is 1. The quantitative estimate of drug-likeness (QED) is 0.399. The van der Waals surface area contributed by atoms with Crippen LogP contribution >= 0.6 is 12.4 Å². The summed E-state index contributed by atoms with van der Waals surface area (Å²) >= 11 is 0. The third-order valence-electron chi connectivity index (χ3n) is 5.34. The van der Waals surface area contributed by atoms with Crippen molar-refractivity contribution in [1.82, 2.24) is 19.9 Å². The Labute approximate surface area is 194 Å². The van der Waals surface area contributed by atoms with E-state index in [0.717, 1.165) is 52.3 Å². The van der Waals surface area contributed by atoms with Crippen LogP contribution in [-0.2, 0) is 17.8 Å². The van der Waals surface area contributed by atoms with Crippen molar-refractivity contribution in [2.45, 2.75) is 26.3 Å². The number of hydrogen-bond donors (Lipinski definition) is 1. The average Bonchev–Trinajstić information content (AvgIpc) is 3.16. The number of aromatic nitrogens is 3. The molecule has 0 unspecified atom stereocenters. The molecular formula is C25H27ClN4O2. The zero-order valence-corrected chi connectivity index (χ0v) is 19.1. The maximum absolute atomic E-state index is 12.3. The van der Waals surface area contributed by atoms with Crippen LogP contribution in [0.4, 0.5) is 0 Å². The lowest BCUT2D eigenvalue weighted by Gasteiger charge is -2.12. The number of pyridine rings is 2. The number of benzene rings is 1. The zero-order valence-electron chi connectivity index (χ0n) is 18.2. The summed E-state index contributed by atoms with van der Waals surface area (Å²) < 4.78 is 7.37. The van der Waals surface area contributed by atoms with Gasteiger partial charge in [0.05, 0.1) is 19.2 Å². The minimum atomic E-state index is 0. The van der Waals surface area contributed by atoms with Gasteiger partial charge in [-0.15, -0.1) is 12.4 Å². The van der Waals surface area contributed by atoms with Crippen LogP contribution in [0.5, 0.6) is 5.75 Å². The van der Waals surface area contributed by atoms with Gasteiger partial charge in [0.25, 0.3) is 0 Å². The Bertz CT molecular complexity index is 1190. The van der Waals surface area contributed by atoms with Gasteiger partial charge in [0, 0.05) is 42.1 Å². The van der Waals surface area contributed by atoms with Gasteiger partial charge >= 0.3 is 0 Å². The highest BCUT2D eigenvalue weighted by molar-refractivity contribution is 5.85. The summed E-state index contributed by atoms with van der Waals surface area (Å²) in [6.07, 6.45) is 4.79. The number of fused-ring (bicyclic) bond motifs is 1. The lowest BCUT2D eigenvalue weighted by molar-refractivity contribution is -0.120. The molecule has 0 aliphatic carbocycles. The standard InChI is InChI=1S/C25H26N4O2.ClH/c1-18-22(7-4-12-26-18)23-17-20-6-3-13-28-25(20)29(23)15-5-14-27-24(30)16-19-8-10-21(31-2)11-9-19;/h3-4,6-13,17H,5,14-16H2,1-2H3,(H,27,30);1H. The molecule has 4 rings (SSSR count). The Morgan fingerprint density at radius 1 is 1.06 bits per heavy atom. The SMILES string of the molecule is COc1ccc(CC(=O)NCCCn2c(-c3cccnc3C)cc3cccnc32)cc1.Cl. The van der Waals surface area contributed by atoms with E-state index in [9.17, 15) is 4.79 Å². The van der Waals surface area contributed by atoms with E-state index in [1.54, 1.807) is 7.11 Å². The molecule has 7 heteroatoms. The number of methoxy groups -OCH3 is 1. The smallest absolute Gasteiger partial charge is 0.224 e. The average molecular weight is 451 g/mol. The second-order valence-electron chi connectivity index (χ2n) is 7.46. The molecule has 6 nitrogen and oxygen atoms in total. The highest BCUT2D eigenvalue weighted by atomic mass is 35.5. The third kappa shape index (κ3) is 5.26. The normalized spacial score (nSPS) is 10.6. The van der Waals surface area contributed by atoms with Crippen LogP contribution in [0.3, 0.4) is 0 Å². The van der Waals surface area contributed by atoms with E-state index in [1.807, 2.05) is 55.7 Å². The molecule has 0 atom stereocenters. The molecule has 0 aliphatic rings. The molecule has 1 N–H and O–H groups in total. The number of nitrogens with zero attached hydrogens (tertiary/aromatic N) is 3. The van der Waals surface area contributed by atoms with Crippen LogP contribution in [0.25, 0.3) is 22.3 Å². The molecule has 3 aromatic heterocycles. The Balaban J connectivity index is 0.00000289. The van der Waals surface area contributed by atoms with Gasteiger partial charge in [0.1, 0.15) is 11.4 Å². The predicted molar refractivity (Wildman–Crippen MR) is 129 cm³/mol. The van der Waals surface area contributed by atoms with Gasteiger partial charge in [-0.2, -0.15) is 0 Å². The molecule has 166 valence electrons. The number of halogens is 1. The fraction of sp³-hybridized carbons (Fsp3) is 0.240. The Hall–Kier alpha value is -3.38. The van der Waals surface area contributed by atoms with Crippen LogP contribution in [0, 0.1) is 6.92 Å². The molecule has 4 aromatic rings. The first-order chi connectivity index (χ1) is 15.2. The number of rotatable bonds is 8. The van der Waals surface area contributed by atoms with Crippen LogP contribution < -0.4 is 10.1 Å². The van der Waals surface area contributed by atoms with E-state index in [2.05, 4.69) is 38.1 Å². The van der Waals surface area contributed by atoms with Crippen LogP contribution in [-0.4, -0.2) is 34.1 Å².